The van der Waals surface area contributed by atoms with Gasteiger partial charge in [0.25, 0.3) is 0 Å². The number of ketones is 1. The molecule has 0 aliphatic heterocycles. The second-order valence-corrected chi connectivity index (χ2v) is 6.06. The summed E-state index contributed by atoms with van der Waals surface area (Å²) < 4.78 is 5.98. The molecule has 25 heavy (non-hydrogen) atoms. The number of ether oxygens (including phenoxy) is 1. The highest BCUT2D eigenvalue weighted by Crippen LogP contribution is 2.47. The second-order valence-electron chi connectivity index (χ2n) is 6.06. The van der Waals surface area contributed by atoms with Crippen LogP contribution in [0.1, 0.15) is 39.5 Å². The Bertz CT molecular complexity index is 924. The van der Waals surface area contributed by atoms with E-state index in [1.165, 1.54) is 6.92 Å². The minimum atomic E-state index is -1.13. The molecule has 1 aliphatic carbocycles. The molecule has 1 aliphatic rings. The molecule has 0 N–H and O–H groups in total. The molecule has 0 saturated heterocycles. The lowest BCUT2D eigenvalue weighted by Crippen LogP contribution is -2.40. The van der Waals surface area contributed by atoms with Gasteiger partial charge in [0.2, 0.25) is 0 Å². The summed E-state index contributed by atoms with van der Waals surface area (Å²) in [7, 11) is 0. The summed E-state index contributed by atoms with van der Waals surface area (Å²) in [6.07, 6.45) is 0. The highest BCUT2D eigenvalue weighted by atomic mass is 16.6. The van der Waals surface area contributed by atoms with Gasteiger partial charge in [0, 0.05) is 34.7 Å². The molecule has 0 saturated carbocycles. The van der Waals surface area contributed by atoms with E-state index in [1.54, 1.807) is 12.1 Å². The van der Waals surface area contributed by atoms with Gasteiger partial charge >= 0.3 is 5.97 Å². The zero-order chi connectivity index (χ0) is 17.4. The van der Waals surface area contributed by atoms with Crippen molar-refractivity contribution >= 4 is 11.8 Å². The van der Waals surface area contributed by atoms with Crippen molar-refractivity contribution in [3.8, 4) is 0 Å². The molecule has 0 fully saturated rings. The van der Waals surface area contributed by atoms with E-state index in [2.05, 4.69) is 0 Å². The van der Waals surface area contributed by atoms with Crippen LogP contribution in [0.3, 0.4) is 0 Å². The minimum Gasteiger partial charge on any atom is -0.444 e. The zero-order valence-electron chi connectivity index (χ0n) is 13.7. The summed E-state index contributed by atoms with van der Waals surface area (Å²) in [4.78, 5) is 25.1. The lowest BCUT2D eigenvalue weighted by molar-refractivity contribution is -0.150. The van der Waals surface area contributed by atoms with Gasteiger partial charge in [-0.2, -0.15) is 0 Å². The van der Waals surface area contributed by atoms with Crippen molar-refractivity contribution in [1.29, 1.82) is 0 Å². The second kappa shape index (κ2) is 5.71. The Labute approximate surface area is 145 Å². The number of carbonyl (C=O) groups excluding carboxylic acids is 2. The summed E-state index contributed by atoms with van der Waals surface area (Å²) in [5, 5.41) is 0. The maximum Gasteiger partial charge on any atom is 0.304 e. The normalized spacial score (nSPS) is 14.4. The van der Waals surface area contributed by atoms with Crippen LogP contribution in [0.25, 0.3) is 0 Å². The molecule has 0 heterocycles. The monoisotopic (exact) mass is 328 g/mol. The van der Waals surface area contributed by atoms with Crippen LogP contribution in [0.5, 0.6) is 0 Å². The molecular weight excluding hydrogens is 312 g/mol. The molecule has 0 spiro atoms. The van der Waals surface area contributed by atoms with Crippen LogP contribution in [-0.4, -0.2) is 11.8 Å². The highest BCUT2D eigenvalue weighted by Gasteiger charge is 2.47. The summed E-state index contributed by atoms with van der Waals surface area (Å²) in [6, 6.07) is 24.2. The molecule has 3 nitrogen and oxygen atoms in total. The van der Waals surface area contributed by atoms with E-state index in [-0.39, 0.29) is 5.78 Å². The fourth-order valence-corrected chi connectivity index (χ4v) is 3.63. The zero-order valence-corrected chi connectivity index (χ0v) is 13.7. The molecular formula is C22H16O3. The quantitative estimate of drug-likeness (QED) is 0.666. The first-order valence-electron chi connectivity index (χ1n) is 8.13. The molecule has 0 bridgehead atoms. The standard InChI is InChI=1S/C22H16O3/c1-15(23)25-22(16-9-3-2-4-10-16)19-13-7-5-11-17(19)21(24)18-12-6-8-14-20(18)22/h2-14H,1H3. The molecule has 3 heteroatoms. The molecule has 0 radical (unpaired) electrons. The van der Waals surface area contributed by atoms with Crippen molar-refractivity contribution in [3.05, 3.63) is 107 Å². The first-order chi connectivity index (χ1) is 12.1. The Morgan fingerprint density at radius 1 is 0.760 bits per heavy atom. The number of hydrogen-bond acceptors (Lipinski definition) is 3. The summed E-state index contributed by atoms with van der Waals surface area (Å²) >= 11 is 0. The van der Waals surface area contributed by atoms with Crippen molar-refractivity contribution < 1.29 is 14.3 Å². The van der Waals surface area contributed by atoms with Gasteiger partial charge in [0.15, 0.2) is 11.4 Å². The van der Waals surface area contributed by atoms with E-state index in [9.17, 15) is 9.59 Å². The molecule has 0 aromatic heterocycles. The molecule has 3 aromatic carbocycles. The van der Waals surface area contributed by atoms with Gasteiger partial charge in [-0.05, 0) is 0 Å². The lowest BCUT2D eigenvalue weighted by atomic mass is 9.70. The third-order valence-corrected chi connectivity index (χ3v) is 4.58. The van der Waals surface area contributed by atoms with E-state index >= 15 is 0 Å². The number of esters is 1. The van der Waals surface area contributed by atoms with Crippen molar-refractivity contribution in [1.82, 2.24) is 0 Å². The largest absolute Gasteiger partial charge is 0.444 e. The summed E-state index contributed by atoms with van der Waals surface area (Å²) in [5.41, 5.74) is 2.20. The van der Waals surface area contributed by atoms with Crippen molar-refractivity contribution in [2.24, 2.45) is 0 Å². The first-order valence-corrected chi connectivity index (χ1v) is 8.13. The molecule has 122 valence electrons. The Balaban J connectivity index is 2.15. The third-order valence-electron chi connectivity index (χ3n) is 4.58. The Morgan fingerprint density at radius 3 is 1.76 bits per heavy atom. The number of fused-ring (bicyclic) bond motifs is 2. The lowest BCUT2D eigenvalue weighted by Gasteiger charge is -2.39. The van der Waals surface area contributed by atoms with Crippen LogP contribution < -0.4 is 0 Å². The summed E-state index contributed by atoms with van der Waals surface area (Å²) in [5.74, 6) is -0.451. The predicted octanol–water partition coefficient (Wildman–Crippen LogP) is 4.09. The number of hydrogen-bond donors (Lipinski definition) is 0. The molecule has 3 aromatic rings. The van der Waals surface area contributed by atoms with Gasteiger partial charge in [-0.3, -0.25) is 9.59 Å². The maximum absolute atomic E-state index is 13.0. The Hall–Kier alpha value is -3.20. The van der Waals surface area contributed by atoms with Gasteiger partial charge in [-0.1, -0.05) is 78.9 Å². The number of benzene rings is 3. The van der Waals surface area contributed by atoms with Gasteiger partial charge in [0.05, 0.1) is 0 Å². The Morgan fingerprint density at radius 2 is 1.24 bits per heavy atom. The first kappa shape index (κ1) is 15.3. The van der Waals surface area contributed by atoms with Crippen LogP contribution in [0, 0.1) is 0 Å². The van der Waals surface area contributed by atoms with Crippen LogP contribution >= 0.6 is 0 Å². The summed E-state index contributed by atoms with van der Waals surface area (Å²) in [6.45, 7) is 1.40. The van der Waals surface area contributed by atoms with Crippen LogP contribution in [0.4, 0.5) is 0 Å². The smallest absolute Gasteiger partial charge is 0.304 e. The third kappa shape index (κ3) is 2.20. The van der Waals surface area contributed by atoms with Gasteiger partial charge in [0.1, 0.15) is 0 Å². The van der Waals surface area contributed by atoms with Crippen molar-refractivity contribution in [3.63, 3.8) is 0 Å². The molecule has 0 atom stereocenters. The highest BCUT2D eigenvalue weighted by molar-refractivity contribution is 6.13. The van der Waals surface area contributed by atoms with Gasteiger partial charge in [-0.15, -0.1) is 0 Å². The van der Waals surface area contributed by atoms with E-state index in [0.29, 0.717) is 22.3 Å². The van der Waals surface area contributed by atoms with Gasteiger partial charge in [-0.25, -0.2) is 0 Å². The number of carbonyl (C=O) groups is 2. The van der Waals surface area contributed by atoms with E-state index < -0.39 is 11.6 Å². The van der Waals surface area contributed by atoms with E-state index in [4.69, 9.17) is 4.74 Å². The van der Waals surface area contributed by atoms with Crippen molar-refractivity contribution in [2.45, 2.75) is 12.5 Å². The average Bonchev–Trinajstić information content (AvgIpc) is 2.66. The average molecular weight is 328 g/mol. The minimum absolute atomic E-state index is 0.0510. The van der Waals surface area contributed by atoms with E-state index in [0.717, 1.165) is 5.56 Å². The van der Waals surface area contributed by atoms with Crippen LogP contribution in [-0.2, 0) is 15.1 Å². The van der Waals surface area contributed by atoms with Crippen LogP contribution in [0.2, 0.25) is 0 Å². The molecule has 0 unspecified atom stereocenters. The Kier molecular flexibility index (Phi) is 3.50. The topological polar surface area (TPSA) is 43.4 Å². The fraction of sp³-hybridized carbons (Fsp3) is 0.0909. The van der Waals surface area contributed by atoms with E-state index in [1.807, 2.05) is 66.7 Å². The predicted molar refractivity (Wildman–Crippen MR) is 94.4 cm³/mol. The van der Waals surface area contributed by atoms with Gasteiger partial charge < -0.3 is 4.74 Å². The maximum atomic E-state index is 13.0. The van der Waals surface area contributed by atoms with Crippen LogP contribution in [0.15, 0.2) is 78.9 Å². The SMILES string of the molecule is CC(=O)OC1(c2ccccc2)c2ccccc2C(=O)c2ccccc21. The number of rotatable bonds is 2. The molecule has 0 amide bonds. The van der Waals surface area contributed by atoms with Crippen molar-refractivity contribution in [2.75, 3.05) is 0 Å². The fourth-order valence-electron chi connectivity index (χ4n) is 3.63. The molecule has 4 rings (SSSR count).